The summed E-state index contributed by atoms with van der Waals surface area (Å²) in [4.78, 5) is 37.9. The van der Waals surface area contributed by atoms with E-state index in [1.54, 1.807) is 12.1 Å². The van der Waals surface area contributed by atoms with E-state index in [9.17, 15) is 14.4 Å². The zero-order valence-electron chi connectivity index (χ0n) is 18.4. The van der Waals surface area contributed by atoms with Crippen LogP contribution in [0.4, 0.5) is 0 Å². The van der Waals surface area contributed by atoms with Gasteiger partial charge in [-0.3, -0.25) is 19.8 Å². The molecule has 2 aromatic rings. The molecule has 0 spiro atoms. The summed E-state index contributed by atoms with van der Waals surface area (Å²) >= 11 is 0. The van der Waals surface area contributed by atoms with Crippen molar-refractivity contribution in [1.29, 1.82) is 0 Å². The van der Waals surface area contributed by atoms with E-state index in [-0.39, 0.29) is 24.2 Å². The number of carbonyl (C=O) groups excluding carboxylic acids is 3. The van der Waals surface area contributed by atoms with Crippen molar-refractivity contribution in [3.8, 4) is 5.75 Å². The highest BCUT2D eigenvalue weighted by Gasteiger charge is 2.31. The number of fused-ring (bicyclic) bond motifs is 1. The van der Waals surface area contributed by atoms with Gasteiger partial charge in [0, 0.05) is 11.1 Å². The van der Waals surface area contributed by atoms with Crippen molar-refractivity contribution in [2.24, 2.45) is 0 Å². The van der Waals surface area contributed by atoms with E-state index in [2.05, 4.69) is 5.43 Å². The van der Waals surface area contributed by atoms with Crippen LogP contribution in [0.3, 0.4) is 0 Å². The Labute approximate surface area is 177 Å². The van der Waals surface area contributed by atoms with Crippen molar-refractivity contribution in [3.05, 3.63) is 63.7 Å². The third-order valence-corrected chi connectivity index (χ3v) is 5.16. The molecular formula is C24H28N2O4. The molecule has 2 amide bonds. The van der Waals surface area contributed by atoms with Crippen LogP contribution in [0.15, 0.2) is 30.3 Å². The largest absolute Gasteiger partial charge is 0.426 e. The minimum atomic E-state index is -0.637. The fraction of sp³-hybridized carbons (Fsp3) is 0.375. The van der Waals surface area contributed by atoms with Gasteiger partial charge >= 0.3 is 5.97 Å². The summed E-state index contributed by atoms with van der Waals surface area (Å²) in [5.41, 5.74) is 6.72. The summed E-state index contributed by atoms with van der Waals surface area (Å²) in [5.74, 6) is -0.414. The first kappa shape index (κ1) is 21.6. The molecule has 0 saturated heterocycles. The lowest BCUT2D eigenvalue weighted by atomic mass is 9.96. The van der Waals surface area contributed by atoms with Crippen LogP contribution in [-0.4, -0.2) is 28.3 Å². The second-order valence-electron chi connectivity index (χ2n) is 8.82. The van der Waals surface area contributed by atoms with Crippen molar-refractivity contribution >= 4 is 17.8 Å². The van der Waals surface area contributed by atoms with E-state index in [1.165, 1.54) is 5.01 Å². The number of hydrogen-bond acceptors (Lipinski definition) is 4. The molecule has 2 aromatic carbocycles. The summed E-state index contributed by atoms with van der Waals surface area (Å²) in [6, 6.07) is 8.91. The molecule has 1 aliphatic heterocycles. The number of amides is 2. The average molecular weight is 408 g/mol. The second kappa shape index (κ2) is 7.94. The Bertz CT molecular complexity index is 1010. The van der Waals surface area contributed by atoms with Gasteiger partial charge in [-0.2, -0.15) is 0 Å². The van der Waals surface area contributed by atoms with Crippen molar-refractivity contribution in [2.75, 3.05) is 0 Å². The molecule has 158 valence electrons. The van der Waals surface area contributed by atoms with Crippen LogP contribution in [0.5, 0.6) is 5.75 Å². The lowest BCUT2D eigenvalue weighted by Crippen LogP contribution is -2.56. The Balaban J connectivity index is 1.92. The molecule has 0 aromatic heterocycles. The van der Waals surface area contributed by atoms with E-state index in [0.29, 0.717) is 23.3 Å². The summed E-state index contributed by atoms with van der Waals surface area (Å²) in [7, 11) is 0. The quantitative estimate of drug-likeness (QED) is 0.462. The van der Waals surface area contributed by atoms with Gasteiger partial charge in [0.1, 0.15) is 5.75 Å². The number of carbonyl (C=O) groups is 3. The minimum absolute atomic E-state index is 0.267. The molecule has 0 bridgehead atoms. The van der Waals surface area contributed by atoms with Crippen LogP contribution >= 0.6 is 0 Å². The highest BCUT2D eigenvalue weighted by molar-refractivity contribution is 6.00. The molecule has 0 atom stereocenters. The van der Waals surface area contributed by atoms with E-state index in [1.807, 2.05) is 59.7 Å². The van der Waals surface area contributed by atoms with Gasteiger partial charge in [-0.1, -0.05) is 17.2 Å². The van der Waals surface area contributed by atoms with Crippen LogP contribution in [0.25, 0.3) is 0 Å². The highest BCUT2D eigenvalue weighted by Crippen LogP contribution is 2.30. The Morgan fingerprint density at radius 2 is 1.63 bits per heavy atom. The number of hydrazine groups is 1. The highest BCUT2D eigenvalue weighted by atomic mass is 16.5. The topological polar surface area (TPSA) is 75.7 Å². The average Bonchev–Trinajstić information content (AvgIpc) is 2.63. The lowest BCUT2D eigenvalue weighted by Gasteiger charge is -2.36. The Morgan fingerprint density at radius 3 is 2.23 bits per heavy atom. The summed E-state index contributed by atoms with van der Waals surface area (Å²) in [6.07, 6.45) is 0.823. The first-order chi connectivity index (χ1) is 14.0. The molecule has 3 rings (SSSR count). The summed E-state index contributed by atoms with van der Waals surface area (Å²) in [6.45, 7) is 11.3. The molecular weight excluding hydrogens is 380 g/mol. The number of benzene rings is 2. The zero-order chi connectivity index (χ0) is 22.2. The maximum Gasteiger partial charge on any atom is 0.311 e. The van der Waals surface area contributed by atoms with Gasteiger partial charge in [-0.15, -0.1) is 0 Å². The predicted octanol–water partition coefficient (Wildman–Crippen LogP) is 4.05. The van der Waals surface area contributed by atoms with Crippen LogP contribution < -0.4 is 10.2 Å². The molecule has 0 saturated carbocycles. The maximum atomic E-state index is 13.3. The Kier molecular flexibility index (Phi) is 5.70. The van der Waals surface area contributed by atoms with Crippen LogP contribution in [-0.2, 0) is 11.2 Å². The van der Waals surface area contributed by atoms with E-state index < -0.39 is 5.54 Å². The number of hydrogen-bond donors (Lipinski definition) is 1. The number of aryl methyl sites for hydroxylation is 2. The Hall–Kier alpha value is -3.15. The van der Waals surface area contributed by atoms with Gasteiger partial charge in [-0.05, 0) is 83.4 Å². The fourth-order valence-electron chi connectivity index (χ4n) is 3.70. The van der Waals surface area contributed by atoms with Gasteiger partial charge in [-0.25, -0.2) is 5.01 Å². The smallest absolute Gasteiger partial charge is 0.311 e. The van der Waals surface area contributed by atoms with Crippen molar-refractivity contribution in [2.45, 2.75) is 59.9 Å². The van der Waals surface area contributed by atoms with Crippen molar-refractivity contribution in [3.63, 3.8) is 0 Å². The SMILES string of the molecule is Cc1cc(C)cc(C(=O)N(NC(=O)c2ccc3c(c2C)CCC(=O)O3)C(C)(C)C)c1. The first-order valence-electron chi connectivity index (χ1n) is 10.0. The molecule has 6 heteroatoms. The van der Waals surface area contributed by atoms with E-state index in [4.69, 9.17) is 4.74 Å². The molecule has 30 heavy (non-hydrogen) atoms. The van der Waals surface area contributed by atoms with Gasteiger partial charge in [0.25, 0.3) is 11.8 Å². The molecule has 1 heterocycles. The number of rotatable bonds is 2. The third-order valence-electron chi connectivity index (χ3n) is 5.16. The van der Waals surface area contributed by atoms with Crippen molar-refractivity contribution < 1.29 is 19.1 Å². The maximum absolute atomic E-state index is 13.3. The predicted molar refractivity (Wildman–Crippen MR) is 114 cm³/mol. The molecule has 1 N–H and O–H groups in total. The third kappa shape index (κ3) is 4.37. The first-order valence-corrected chi connectivity index (χ1v) is 10.0. The molecule has 0 unspecified atom stereocenters. The minimum Gasteiger partial charge on any atom is -0.426 e. The zero-order valence-corrected chi connectivity index (χ0v) is 18.4. The Morgan fingerprint density at radius 1 is 1.00 bits per heavy atom. The molecule has 6 nitrogen and oxygen atoms in total. The monoisotopic (exact) mass is 408 g/mol. The lowest BCUT2D eigenvalue weighted by molar-refractivity contribution is -0.135. The van der Waals surface area contributed by atoms with E-state index >= 15 is 0 Å². The van der Waals surface area contributed by atoms with Gasteiger partial charge in [0.15, 0.2) is 0 Å². The second-order valence-corrected chi connectivity index (χ2v) is 8.82. The summed E-state index contributed by atoms with van der Waals surface area (Å²) in [5, 5.41) is 1.38. The van der Waals surface area contributed by atoms with Gasteiger partial charge in [0.2, 0.25) is 0 Å². The number of nitrogens with one attached hydrogen (secondary N) is 1. The molecule has 0 radical (unpaired) electrons. The van der Waals surface area contributed by atoms with Crippen LogP contribution in [0.1, 0.15) is 70.2 Å². The fourth-order valence-corrected chi connectivity index (χ4v) is 3.70. The standard InChI is InChI=1S/C24H28N2O4/c1-14-11-15(2)13-17(12-14)23(29)26(24(4,5)6)25-22(28)19-7-9-20-18(16(19)3)8-10-21(27)30-20/h7,9,11-13H,8,10H2,1-6H3,(H,25,28). The molecule has 0 aliphatic carbocycles. The number of ether oxygens (including phenoxy) is 1. The van der Waals surface area contributed by atoms with Crippen LogP contribution in [0.2, 0.25) is 0 Å². The van der Waals surface area contributed by atoms with Crippen LogP contribution in [0, 0.1) is 20.8 Å². The summed E-state index contributed by atoms with van der Waals surface area (Å²) < 4.78 is 5.27. The van der Waals surface area contributed by atoms with Crippen molar-refractivity contribution in [1.82, 2.24) is 10.4 Å². The normalized spacial score (nSPS) is 13.3. The number of nitrogens with zero attached hydrogens (tertiary/aromatic N) is 1. The number of esters is 1. The molecule has 0 fully saturated rings. The molecule has 1 aliphatic rings. The van der Waals surface area contributed by atoms with Gasteiger partial charge < -0.3 is 4.74 Å². The van der Waals surface area contributed by atoms with Gasteiger partial charge in [0.05, 0.1) is 12.0 Å². The van der Waals surface area contributed by atoms with E-state index in [0.717, 1.165) is 22.3 Å².